The highest BCUT2D eigenvalue weighted by atomic mass is 16.2. The molecule has 0 unspecified atom stereocenters. The summed E-state index contributed by atoms with van der Waals surface area (Å²) in [6, 6.07) is 7.91. The number of nitrogens with zero attached hydrogens (tertiary/aromatic N) is 3. The Labute approximate surface area is 199 Å². The lowest BCUT2D eigenvalue weighted by atomic mass is 9.98. The lowest BCUT2D eigenvalue weighted by Gasteiger charge is -2.40. The molecule has 1 aromatic carbocycles. The molecule has 0 atom stereocenters. The Morgan fingerprint density at radius 3 is 2.50 bits per heavy atom. The van der Waals surface area contributed by atoms with E-state index in [0.29, 0.717) is 11.4 Å². The molecule has 1 saturated carbocycles. The predicted molar refractivity (Wildman–Crippen MR) is 132 cm³/mol. The van der Waals surface area contributed by atoms with Gasteiger partial charge in [-0.15, -0.1) is 0 Å². The minimum absolute atomic E-state index is 0.0523. The van der Waals surface area contributed by atoms with E-state index in [0.717, 1.165) is 60.8 Å². The first-order valence-corrected chi connectivity index (χ1v) is 12.1. The molecule has 34 heavy (non-hydrogen) atoms. The van der Waals surface area contributed by atoms with Crippen molar-refractivity contribution in [2.45, 2.75) is 58.0 Å². The Morgan fingerprint density at radius 2 is 1.79 bits per heavy atom. The van der Waals surface area contributed by atoms with Crippen LogP contribution in [0.25, 0.3) is 22.0 Å². The number of amides is 2. The molecule has 0 bridgehead atoms. The third-order valence-corrected chi connectivity index (χ3v) is 6.84. The molecule has 1 saturated heterocycles. The summed E-state index contributed by atoms with van der Waals surface area (Å²) in [5.41, 5.74) is 3.83. The summed E-state index contributed by atoms with van der Waals surface area (Å²) in [6.45, 7) is 8.63. The first kappa shape index (κ1) is 22.5. The normalized spacial score (nSPS) is 17.6. The lowest BCUT2D eigenvalue weighted by Crippen LogP contribution is -2.50. The van der Waals surface area contributed by atoms with Gasteiger partial charge in [0.15, 0.2) is 5.69 Å². The van der Waals surface area contributed by atoms with Gasteiger partial charge in [-0.3, -0.25) is 24.6 Å². The molecule has 2 aliphatic rings. The van der Waals surface area contributed by atoms with E-state index in [4.69, 9.17) is 0 Å². The molecular formula is C26H32N6O2. The van der Waals surface area contributed by atoms with Crippen molar-refractivity contribution in [2.24, 2.45) is 5.92 Å². The summed E-state index contributed by atoms with van der Waals surface area (Å²) in [6.07, 6.45) is 7.19. The Kier molecular flexibility index (Phi) is 5.85. The molecule has 5 rings (SSSR count). The summed E-state index contributed by atoms with van der Waals surface area (Å²) >= 11 is 0. The quantitative estimate of drug-likeness (QED) is 0.535. The van der Waals surface area contributed by atoms with E-state index in [1.54, 1.807) is 12.4 Å². The highest BCUT2D eigenvalue weighted by Crippen LogP contribution is 2.31. The van der Waals surface area contributed by atoms with Crippen LogP contribution in [-0.2, 0) is 4.79 Å². The van der Waals surface area contributed by atoms with Crippen LogP contribution < -0.4 is 10.6 Å². The van der Waals surface area contributed by atoms with Crippen LogP contribution in [0.5, 0.6) is 0 Å². The Balaban J connectivity index is 1.31. The zero-order chi connectivity index (χ0) is 23.9. The van der Waals surface area contributed by atoms with Crippen LogP contribution in [-0.4, -0.2) is 56.6 Å². The second-order valence-corrected chi connectivity index (χ2v) is 10.5. The number of nitrogens with one attached hydrogen (secondary N) is 3. The number of hydrogen-bond acceptors (Lipinski definition) is 5. The van der Waals surface area contributed by atoms with Gasteiger partial charge < -0.3 is 10.6 Å². The minimum Gasteiger partial charge on any atom is -0.348 e. The van der Waals surface area contributed by atoms with Gasteiger partial charge in [0.1, 0.15) is 0 Å². The van der Waals surface area contributed by atoms with Crippen molar-refractivity contribution in [1.29, 1.82) is 0 Å². The van der Waals surface area contributed by atoms with E-state index >= 15 is 0 Å². The van der Waals surface area contributed by atoms with Gasteiger partial charge in [-0.1, -0.05) is 6.07 Å². The number of anilines is 1. The van der Waals surface area contributed by atoms with Crippen LogP contribution in [0.2, 0.25) is 0 Å². The topological polar surface area (TPSA) is 103 Å². The number of hydrogen-bond donors (Lipinski definition) is 3. The fourth-order valence-corrected chi connectivity index (χ4v) is 4.57. The van der Waals surface area contributed by atoms with Gasteiger partial charge in [-0.05, 0) is 70.2 Å². The Bertz CT molecular complexity index is 1220. The van der Waals surface area contributed by atoms with Crippen LogP contribution >= 0.6 is 0 Å². The molecule has 178 valence electrons. The molecule has 0 radical (unpaired) electrons. The van der Waals surface area contributed by atoms with Crippen molar-refractivity contribution in [3.05, 3.63) is 42.4 Å². The van der Waals surface area contributed by atoms with Crippen LogP contribution in [0, 0.1) is 5.92 Å². The maximum Gasteiger partial charge on any atom is 0.272 e. The van der Waals surface area contributed by atoms with Crippen molar-refractivity contribution < 1.29 is 9.59 Å². The zero-order valence-electron chi connectivity index (χ0n) is 20.0. The largest absolute Gasteiger partial charge is 0.348 e. The predicted octanol–water partition coefficient (Wildman–Crippen LogP) is 3.97. The van der Waals surface area contributed by atoms with Gasteiger partial charge in [-0.2, -0.15) is 5.10 Å². The molecule has 3 heterocycles. The van der Waals surface area contributed by atoms with Gasteiger partial charge in [-0.25, -0.2) is 0 Å². The number of piperidine rings is 1. The van der Waals surface area contributed by atoms with Crippen molar-refractivity contribution in [3.63, 3.8) is 0 Å². The third kappa shape index (κ3) is 4.82. The third-order valence-electron chi connectivity index (χ3n) is 6.84. The standard InChI is InChI=1S/C26H32N6O2/c1-26(2,3)32-10-8-19(9-11-32)28-25(34)23-21-13-17(6-7-22(21)30-31-23)18-12-20(15-27-14-18)29-24(33)16-4-5-16/h6-7,12-16,19H,4-5,8-11H2,1-3H3,(H,28,34)(H,29,33)(H,30,31). The SMILES string of the molecule is CC(C)(C)N1CCC(NC(=O)c2n[nH]c3ccc(-c4cncc(NC(=O)C5CC5)c4)cc23)CC1. The molecule has 1 aliphatic heterocycles. The summed E-state index contributed by atoms with van der Waals surface area (Å²) < 4.78 is 0. The van der Waals surface area contributed by atoms with Crippen molar-refractivity contribution in [3.8, 4) is 11.1 Å². The first-order chi connectivity index (χ1) is 16.3. The number of H-pyrrole nitrogens is 1. The Morgan fingerprint density at radius 1 is 1.03 bits per heavy atom. The fraction of sp³-hybridized carbons (Fsp3) is 0.462. The lowest BCUT2D eigenvalue weighted by molar-refractivity contribution is -0.117. The monoisotopic (exact) mass is 460 g/mol. The van der Waals surface area contributed by atoms with E-state index in [1.165, 1.54) is 0 Å². The van der Waals surface area contributed by atoms with E-state index < -0.39 is 0 Å². The summed E-state index contributed by atoms with van der Waals surface area (Å²) in [5, 5.41) is 14.2. The second kappa shape index (κ2) is 8.83. The second-order valence-electron chi connectivity index (χ2n) is 10.5. The summed E-state index contributed by atoms with van der Waals surface area (Å²) in [5.74, 6) is 0.0328. The van der Waals surface area contributed by atoms with Gasteiger partial charge in [0.05, 0.1) is 17.4 Å². The van der Waals surface area contributed by atoms with Crippen molar-refractivity contribution in [1.82, 2.24) is 25.4 Å². The molecule has 3 N–H and O–H groups in total. The number of aromatic nitrogens is 3. The molecule has 0 spiro atoms. The number of rotatable bonds is 5. The molecule has 3 aromatic rings. The average Bonchev–Trinajstić information content (AvgIpc) is 3.58. The van der Waals surface area contributed by atoms with Crippen LogP contribution in [0.4, 0.5) is 5.69 Å². The van der Waals surface area contributed by atoms with Crippen LogP contribution in [0.3, 0.4) is 0 Å². The minimum atomic E-state index is -0.152. The van der Waals surface area contributed by atoms with E-state index in [2.05, 4.69) is 51.5 Å². The van der Waals surface area contributed by atoms with Crippen molar-refractivity contribution in [2.75, 3.05) is 18.4 Å². The first-order valence-electron chi connectivity index (χ1n) is 12.1. The van der Waals surface area contributed by atoms with Gasteiger partial charge in [0.25, 0.3) is 5.91 Å². The smallest absolute Gasteiger partial charge is 0.272 e. The zero-order valence-corrected chi connectivity index (χ0v) is 20.0. The fourth-order valence-electron chi connectivity index (χ4n) is 4.57. The molecule has 2 fully saturated rings. The highest BCUT2D eigenvalue weighted by molar-refractivity contribution is 6.05. The molecule has 2 amide bonds. The number of likely N-dealkylation sites (tertiary alicyclic amines) is 1. The highest BCUT2D eigenvalue weighted by Gasteiger charge is 2.30. The molecule has 8 heteroatoms. The van der Waals surface area contributed by atoms with Gasteiger partial charge in [0, 0.05) is 47.7 Å². The summed E-state index contributed by atoms with van der Waals surface area (Å²) in [4.78, 5) is 32.0. The van der Waals surface area contributed by atoms with Gasteiger partial charge >= 0.3 is 0 Å². The number of fused-ring (bicyclic) bond motifs is 1. The molecule has 8 nitrogen and oxygen atoms in total. The molecule has 2 aromatic heterocycles. The Hall–Kier alpha value is -3.26. The van der Waals surface area contributed by atoms with E-state index in [-0.39, 0.29) is 29.3 Å². The van der Waals surface area contributed by atoms with Crippen molar-refractivity contribution >= 4 is 28.4 Å². The van der Waals surface area contributed by atoms with E-state index in [9.17, 15) is 9.59 Å². The number of carbonyl (C=O) groups excluding carboxylic acids is 2. The number of pyridine rings is 1. The van der Waals surface area contributed by atoms with E-state index in [1.807, 2.05) is 24.3 Å². The number of benzene rings is 1. The average molecular weight is 461 g/mol. The maximum atomic E-state index is 13.1. The molecule has 1 aliphatic carbocycles. The number of carbonyl (C=O) groups is 2. The van der Waals surface area contributed by atoms with Crippen LogP contribution in [0.1, 0.15) is 56.9 Å². The molecular weight excluding hydrogens is 428 g/mol. The maximum absolute atomic E-state index is 13.1. The summed E-state index contributed by atoms with van der Waals surface area (Å²) in [7, 11) is 0. The van der Waals surface area contributed by atoms with Crippen LogP contribution in [0.15, 0.2) is 36.7 Å². The number of aromatic amines is 1. The van der Waals surface area contributed by atoms with Gasteiger partial charge in [0.2, 0.25) is 5.91 Å².